The first-order valence-corrected chi connectivity index (χ1v) is 19.1. The SMILES string of the molecule is O=P(O)(O)OC1(OP(=O)(O)O)OOC2(CCC(c3ccc(OCCN4CCOCC4)cc3)CC2C2[C@H]3CC4CC(C3)C[C@@H]2C4)O1. The van der Waals surface area contributed by atoms with E-state index in [1.54, 1.807) is 0 Å². The number of phosphoric ester groups is 2. The summed E-state index contributed by atoms with van der Waals surface area (Å²) in [5.74, 6) is 1.45. The summed E-state index contributed by atoms with van der Waals surface area (Å²) >= 11 is 0. The summed E-state index contributed by atoms with van der Waals surface area (Å²) in [5.41, 5.74) is 1.13. The lowest BCUT2D eigenvalue weighted by molar-refractivity contribution is -0.470. The molecule has 0 amide bonds. The Morgan fingerprint density at radius 3 is 2.07 bits per heavy atom. The summed E-state index contributed by atoms with van der Waals surface area (Å²) in [6.07, 6.45) is 3.89. The molecule has 3 atom stereocenters. The van der Waals surface area contributed by atoms with Crippen molar-refractivity contribution in [2.75, 3.05) is 39.5 Å². The molecule has 16 heteroatoms. The Bertz CT molecular complexity index is 1250. The fourth-order valence-electron chi connectivity index (χ4n) is 9.47. The van der Waals surface area contributed by atoms with E-state index in [4.69, 9.17) is 24.0 Å². The molecule has 4 N–H and O–H groups in total. The Balaban J connectivity index is 1.11. The molecular weight excluding hydrogens is 632 g/mol. The van der Waals surface area contributed by atoms with Crippen LogP contribution < -0.4 is 4.74 Å². The van der Waals surface area contributed by atoms with Crippen LogP contribution in [0.5, 0.6) is 5.75 Å². The van der Waals surface area contributed by atoms with Crippen LogP contribution in [0.2, 0.25) is 0 Å². The summed E-state index contributed by atoms with van der Waals surface area (Å²) in [5, 5.41) is 0. The van der Waals surface area contributed by atoms with Crippen LogP contribution in [0, 0.1) is 35.5 Å². The van der Waals surface area contributed by atoms with Crippen molar-refractivity contribution in [3.8, 4) is 5.75 Å². The van der Waals surface area contributed by atoms with Crippen molar-refractivity contribution in [1.82, 2.24) is 4.90 Å². The first kappa shape index (κ1) is 32.6. The summed E-state index contributed by atoms with van der Waals surface area (Å²) in [7, 11) is -10.8. The van der Waals surface area contributed by atoms with E-state index in [2.05, 4.69) is 26.1 Å². The number of ether oxygens (including phenoxy) is 3. The van der Waals surface area contributed by atoms with E-state index in [-0.39, 0.29) is 24.2 Å². The lowest BCUT2D eigenvalue weighted by Crippen LogP contribution is -2.56. The van der Waals surface area contributed by atoms with Crippen molar-refractivity contribution in [2.45, 2.75) is 69.2 Å². The quantitative estimate of drug-likeness (QED) is 0.159. The van der Waals surface area contributed by atoms with Crippen molar-refractivity contribution in [1.29, 1.82) is 0 Å². The third-order valence-corrected chi connectivity index (χ3v) is 11.8. The van der Waals surface area contributed by atoms with Gasteiger partial charge in [-0.1, -0.05) is 12.1 Å². The summed E-state index contributed by atoms with van der Waals surface area (Å²) in [6.45, 7) is 4.74. The smallest absolute Gasteiger partial charge is 0.475 e. The van der Waals surface area contributed by atoms with E-state index < -0.39 is 27.6 Å². The summed E-state index contributed by atoms with van der Waals surface area (Å²) < 4.78 is 50.3. The minimum absolute atomic E-state index is 0.118. The van der Waals surface area contributed by atoms with Gasteiger partial charge in [0.05, 0.1) is 13.2 Å². The molecule has 7 aliphatic rings. The summed E-state index contributed by atoms with van der Waals surface area (Å²) in [6, 6.07) is 8.11. The zero-order valence-electron chi connectivity index (χ0n) is 25.1. The number of hydrogen-bond donors (Lipinski definition) is 4. The molecule has 45 heavy (non-hydrogen) atoms. The Morgan fingerprint density at radius 1 is 0.844 bits per heavy atom. The molecule has 2 aliphatic heterocycles. The molecule has 0 aromatic heterocycles. The van der Waals surface area contributed by atoms with Crippen LogP contribution in [0.1, 0.15) is 62.8 Å². The van der Waals surface area contributed by atoms with Gasteiger partial charge in [-0.2, -0.15) is 13.9 Å². The number of nitrogens with zero attached hydrogens (tertiary/aromatic N) is 1. The van der Waals surface area contributed by atoms with E-state index >= 15 is 0 Å². The van der Waals surface area contributed by atoms with Crippen LogP contribution in [0.25, 0.3) is 0 Å². The molecule has 0 radical (unpaired) electrons. The molecule has 3 unspecified atom stereocenters. The third-order valence-electron chi connectivity index (χ3n) is 10.9. The zero-order chi connectivity index (χ0) is 31.5. The van der Waals surface area contributed by atoms with Crippen molar-refractivity contribution < 1.29 is 61.7 Å². The molecule has 1 spiro atoms. The van der Waals surface area contributed by atoms with E-state index in [0.717, 1.165) is 69.8 Å². The highest BCUT2D eigenvalue weighted by atomic mass is 31.2. The number of morpholine rings is 1. The Morgan fingerprint density at radius 2 is 1.47 bits per heavy atom. The fraction of sp³-hybridized carbons (Fsp3) is 0.793. The minimum atomic E-state index is -5.41. The zero-order valence-corrected chi connectivity index (χ0v) is 26.8. The summed E-state index contributed by atoms with van der Waals surface area (Å²) in [4.78, 5) is 51.5. The average Bonchev–Trinajstić information content (AvgIpc) is 3.29. The molecule has 2 heterocycles. The van der Waals surface area contributed by atoms with Gasteiger partial charge in [0, 0.05) is 32.0 Å². The molecule has 252 valence electrons. The van der Waals surface area contributed by atoms with Gasteiger partial charge in [-0.05, 0) is 98.1 Å². The lowest BCUT2D eigenvalue weighted by atomic mass is 9.47. The molecule has 2 saturated heterocycles. The van der Waals surface area contributed by atoms with Gasteiger partial charge in [-0.3, -0.25) is 9.64 Å². The molecule has 8 rings (SSSR count). The maximum Gasteiger partial charge on any atom is 0.475 e. The first-order chi connectivity index (χ1) is 21.4. The van der Waals surface area contributed by atoms with Gasteiger partial charge >= 0.3 is 21.8 Å². The van der Waals surface area contributed by atoms with Crippen LogP contribution in [-0.2, 0) is 37.4 Å². The monoisotopic (exact) mass is 675 g/mol. The number of phosphoric acid groups is 2. The number of hydrogen-bond acceptors (Lipinski definition) is 10. The standard InChI is InChI=1S/C29H43NO13P2/c31-44(32,33)42-29(43-45(34,35)36)39-28(40-41-29)6-5-22(18-26(28)27-23-14-19-13-20(16-23)17-24(27)15-19)21-1-3-25(4-2-21)38-12-9-30-7-10-37-11-8-30/h1-4,19-20,22-24,26-27H,5-18H2,(H2,31,32,33)(H2,34,35,36)/t19?,20?,22?,23-,24-,26?,27?,28?. The van der Waals surface area contributed by atoms with Crippen molar-refractivity contribution in [2.24, 2.45) is 35.5 Å². The lowest BCUT2D eigenvalue weighted by Gasteiger charge is -2.59. The van der Waals surface area contributed by atoms with Crippen LogP contribution in [0.3, 0.4) is 0 Å². The largest absolute Gasteiger partial charge is 0.492 e. The van der Waals surface area contributed by atoms with Crippen molar-refractivity contribution in [3.63, 3.8) is 0 Å². The predicted molar refractivity (Wildman–Crippen MR) is 155 cm³/mol. The van der Waals surface area contributed by atoms with Crippen molar-refractivity contribution >= 4 is 15.6 Å². The molecular formula is C29H43NO13P2. The number of benzene rings is 1. The van der Waals surface area contributed by atoms with Gasteiger partial charge in [0.1, 0.15) is 12.4 Å². The van der Waals surface area contributed by atoms with Gasteiger partial charge in [0.2, 0.25) is 5.79 Å². The molecule has 7 fully saturated rings. The Labute approximate surface area is 262 Å². The second-order valence-electron chi connectivity index (χ2n) is 13.7. The van der Waals surface area contributed by atoms with Crippen LogP contribution in [0.4, 0.5) is 0 Å². The molecule has 1 aromatic carbocycles. The highest BCUT2D eigenvalue weighted by Gasteiger charge is 2.67. The normalized spacial score (nSPS) is 38.2. The van der Waals surface area contributed by atoms with E-state index in [1.807, 2.05) is 12.1 Å². The second-order valence-corrected chi connectivity index (χ2v) is 16.0. The van der Waals surface area contributed by atoms with Crippen molar-refractivity contribution in [3.05, 3.63) is 29.8 Å². The fourth-order valence-corrected chi connectivity index (χ4v) is 10.3. The van der Waals surface area contributed by atoms with E-state index in [1.165, 1.54) is 6.42 Å². The van der Waals surface area contributed by atoms with E-state index in [9.17, 15) is 28.7 Å². The molecule has 1 aromatic rings. The van der Waals surface area contributed by atoms with Gasteiger partial charge in [-0.15, -0.1) is 4.89 Å². The molecule has 5 saturated carbocycles. The van der Waals surface area contributed by atoms with Gasteiger partial charge in [-0.25, -0.2) is 9.13 Å². The van der Waals surface area contributed by atoms with Crippen LogP contribution >= 0.6 is 15.6 Å². The predicted octanol–water partition coefficient (Wildman–Crippen LogP) is 3.86. The molecule has 14 nitrogen and oxygen atoms in total. The van der Waals surface area contributed by atoms with Crippen LogP contribution in [0.15, 0.2) is 24.3 Å². The Kier molecular flexibility index (Phi) is 9.04. The Hall–Kier alpha value is -0.960. The highest BCUT2D eigenvalue weighted by Crippen LogP contribution is 2.65. The number of rotatable bonds is 10. The minimum Gasteiger partial charge on any atom is -0.492 e. The molecule has 4 bridgehead atoms. The van der Waals surface area contributed by atoms with Gasteiger partial charge in [0.25, 0.3) is 0 Å². The average molecular weight is 676 g/mol. The maximum atomic E-state index is 11.9. The van der Waals surface area contributed by atoms with Gasteiger partial charge in [0.15, 0.2) is 0 Å². The first-order valence-electron chi connectivity index (χ1n) is 16.0. The maximum absolute atomic E-state index is 11.9. The second kappa shape index (κ2) is 12.5. The van der Waals surface area contributed by atoms with Crippen LogP contribution in [-0.4, -0.2) is 75.9 Å². The topological polar surface area (TPSA) is 183 Å². The van der Waals surface area contributed by atoms with Gasteiger partial charge < -0.3 is 29.0 Å². The van der Waals surface area contributed by atoms with E-state index in [0.29, 0.717) is 43.1 Å². The third kappa shape index (κ3) is 7.24. The highest BCUT2D eigenvalue weighted by molar-refractivity contribution is 7.47. The molecule has 5 aliphatic carbocycles.